The summed E-state index contributed by atoms with van der Waals surface area (Å²) in [6, 6.07) is 1.53. The molecule has 1 saturated carbocycles. The molecule has 0 aromatic heterocycles. The van der Waals surface area contributed by atoms with Gasteiger partial charge in [0.25, 0.3) is 0 Å². The molecule has 2 aliphatic rings. The van der Waals surface area contributed by atoms with Crippen molar-refractivity contribution < 1.29 is 0 Å². The fourth-order valence-corrected chi connectivity index (χ4v) is 3.63. The van der Waals surface area contributed by atoms with Crippen LogP contribution in [0.15, 0.2) is 0 Å². The zero-order valence-electron chi connectivity index (χ0n) is 11.6. The molecule has 0 aromatic carbocycles. The maximum Gasteiger partial charge on any atom is 0.0209 e. The molecule has 2 nitrogen and oxygen atoms in total. The van der Waals surface area contributed by atoms with Crippen LogP contribution in [0.1, 0.15) is 47.5 Å². The molecule has 1 heterocycles. The molecule has 0 spiro atoms. The summed E-state index contributed by atoms with van der Waals surface area (Å²) < 4.78 is 0. The number of nitrogens with zero attached hydrogens (tertiary/aromatic N) is 1. The Balaban J connectivity index is 1.97. The lowest BCUT2D eigenvalue weighted by molar-refractivity contribution is 0.238. The third kappa shape index (κ3) is 1.80. The summed E-state index contributed by atoms with van der Waals surface area (Å²) in [6.07, 6.45) is 2.59. The van der Waals surface area contributed by atoms with Gasteiger partial charge in [-0.3, -0.25) is 4.90 Å². The van der Waals surface area contributed by atoms with Crippen molar-refractivity contribution in [1.82, 2.24) is 10.2 Å². The maximum absolute atomic E-state index is 3.66. The van der Waals surface area contributed by atoms with Crippen LogP contribution in [-0.4, -0.2) is 36.6 Å². The van der Waals surface area contributed by atoms with Crippen molar-refractivity contribution >= 4 is 0 Å². The van der Waals surface area contributed by atoms with Crippen LogP contribution >= 0.6 is 0 Å². The number of hydrogen-bond donors (Lipinski definition) is 1. The largest absolute Gasteiger partial charge is 0.313 e. The lowest BCUT2D eigenvalue weighted by Crippen LogP contribution is -2.33. The van der Waals surface area contributed by atoms with Crippen LogP contribution in [0, 0.1) is 10.8 Å². The standard InChI is InChI=1S/C14H28N2/c1-6-11-7-9-16(10-8-15-11)12-13(2,3)14(12,4)5/h11-12,15H,6-10H2,1-5H3. The Kier molecular flexibility index (Phi) is 3.09. The molecular formula is C14H28N2. The highest BCUT2D eigenvalue weighted by Crippen LogP contribution is 2.65. The molecule has 2 fully saturated rings. The molecule has 1 unspecified atom stereocenters. The van der Waals surface area contributed by atoms with Gasteiger partial charge in [0.1, 0.15) is 0 Å². The Morgan fingerprint density at radius 1 is 1.12 bits per heavy atom. The van der Waals surface area contributed by atoms with Gasteiger partial charge in [0.05, 0.1) is 0 Å². The van der Waals surface area contributed by atoms with E-state index in [1.165, 1.54) is 32.5 Å². The molecule has 0 radical (unpaired) electrons. The number of hydrogen-bond acceptors (Lipinski definition) is 2. The van der Waals surface area contributed by atoms with Gasteiger partial charge in [0.15, 0.2) is 0 Å². The highest BCUT2D eigenvalue weighted by atomic mass is 15.2. The topological polar surface area (TPSA) is 15.3 Å². The lowest BCUT2D eigenvalue weighted by atomic mass is 10.0. The van der Waals surface area contributed by atoms with Crippen molar-refractivity contribution in [3.8, 4) is 0 Å². The van der Waals surface area contributed by atoms with Gasteiger partial charge < -0.3 is 5.32 Å². The third-order valence-electron chi connectivity index (χ3n) is 5.40. The van der Waals surface area contributed by atoms with Crippen LogP contribution in [-0.2, 0) is 0 Å². The highest BCUT2D eigenvalue weighted by molar-refractivity contribution is 5.18. The second-order valence-corrected chi connectivity index (χ2v) is 6.73. The smallest absolute Gasteiger partial charge is 0.0209 e. The Morgan fingerprint density at radius 3 is 2.25 bits per heavy atom. The summed E-state index contributed by atoms with van der Waals surface area (Å²) >= 11 is 0. The molecule has 1 atom stereocenters. The van der Waals surface area contributed by atoms with E-state index in [2.05, 4.69) is 44.8 Å². The molecule has 2 rings (SSSR count). The average molecular weight is 224 g/mol. The van der Waals surface area contributed by atoms with Gasteiger partial charge in [0, 0.05) is 31.7 Å². The predicted octanol–water partition coefficient (Wildman–Crippen LogP) is 2.49. The summed E-state index contributed by atoms with van der Waals surface area (Å²) in [6.45, 7) is 15.7. The Hall–Kier alpha value is -0.0800. The van der Waals surface area contributed by atoms with Crippen molar-refractivity contribution in [3.63, 3.8) is 0 Å². The number of nitrogens with one attached hydrogen (secondary N) is 1. The van der Waals surface area contributed by atoms with E-state index in [0.29, 0.717) is 10.8 Å². The molecule has 94 valence electrons. The molecule has 0 bridgehead atoms. The average Bonchev–Trinajstić information content (AvgIpc) is 2.72. The van der Waals surface area contributed by atoms with Gasteiger partial charge in [-0.1, -0.05) is 34.6 Å². The van der Waals surface area contributed by atoms with Gasteiger partial charge >= 0.3 is 0 Å². The van der Waals surface area contributed by atoms with Crippen molar-refractivity contribution in [3.05, 3.63) is 0 Å². The van der Waals surface area contributed by atoms with E-state index < -0.39 is 0 Å². The highest BCUT2D eigenvalue weighted by Gasteiger charge is 2.66. The molecule has 0 amide bonds. The van der Waals surface area contributed by atoms with Crippen molar-refractivity contribution in [2.24, 2.45) is 10.8 Å². The normalized spacial score (nSPS) is 34.7. The second kappa shape index (κ2) is 3.99. The van der Waals surface area contributed by atoms with E-state index in [1.54, 1.807) is 0 Å². The van der Waals surface area contributed by atoms with Crippen LogP contribution in [0.25, 0.3) is 0 Å². The fraction of sp³-hybridized carbons (Fsp3) is 1.00. The SMILES string of the molecule is CCC1CCN(C2C(C)(C)C2(C)C)CCN1. The fourth-order valence-electron chi connectivity index (χ4n) is 3.63. The summed E-state index contributed by atoms with van der Waals surface area (Å²) in [4.78, 5) is 2.72. The monoisotopic (exact) mass is 224 g/mol. The van der Waals surface area contributed by atoms with E-state index in [-0.39, 0.29) is 0 Å². The van der Waals surface area contributed by atoms with E-state index in [1.807, 2.05) is 0 Å². The lowest BCUT2D eigenvalue weighted by Gasteiger charge is -2.22. The van der Waals surface area contributed by atoms with Gasteiger partial charge in [0.2, 0.25) is 0 Å². The molecule has 1 aliphatic heterocycles. The van der Waals surface area contributed by atoms with Crippen LogP contribution < -0.4 is 5.32 Å². The van der Waals surface area contributed by atoms with E-state index in [0.717, 1.165) is 12.1 Å². The molecule has 0 aromatic rings. The van der Waals surface area contributed by atoms with Crippen LogP contribution in [0.4, 0.5) is 0 Å². The molecule has 2 heteroatoms. The molecule has 1 aliphatic carbocycles. The first-order valence-corrected chi connectivity index (χ1v) is 6.88. The van der Waals surface area contributed by atoms with Crippen molar-refractivity contribution in [2.75, 3.05) is 19.6 Å². The summed E-state index contributed by atoms with van der Waals surface area (Å²) in [7, 11) is 0. The summed E-state index contributed by atoms with van der Waals surface area (Å²) in [5, 5.41) is 3.66. The van der Waals surface area contributed by atoms with Gasteiger partial charge in [-0.05, 0) is 23.7 Å². The minimum atomic E-state index is 0.499. The minimum Gasteiger partial charge on any atom is -0.313 e. The van der Waals surface area contributed by atoms with Gasteiger partial charge in [-0.2, -0.15) is 0 Å². The maximum atomic E-state index is 3.66. The minimum absolute atomic E-state index is 0.499. The summed E-state index contributed by atoms with van der Waals surface area (Å²) in [5.41, 5.74) is 0.998. The third-order valence-corrected chi connectivity index (χ3v) is 5.40. The predicted molar refractivity (Wildman–Crippen MR) is 69.6 cm³/mol. The van der Waals surface area contributed by atoms with Crippen LogP contribution in [0.5, 0.6) is 0 Å². The van der Waals surface area contributed by atoms with Crippen molar-refractivity contribution in [2.45, 2.75) is 59.5 Å². The first-order chi connectivity index (χ1) is 7.41. The first kappa shape index (κ1) is 12.4. The zero-order chi connectivity index (χ0) is 12.0. The zero-order valence-corrected chi connectivity index (χ0v) is 11.6. The summed E-state index contributed by atoms with van der Waals surface area (Å²) in [5.74, 6) is 0. The second-order valence-electron chi connectivity index (χ2n) is 6.73. The molecule has 1 N–H and O–H groups in total. The first-order valence-electron chi connectivity index (χ1n) is 6.88. The Bertz CT molecular complexity index is 243. The van der Waals surface area contributed by atoms with E-state index >= 15 is 0 Å². The number of rotatable bonds is 2. The quantitative estimate of drug-likeness (QED) is 0.775. The molecular weight excluding hydrogens is 196 g/mol. The van der Waals surface area contributed by atoms with Gasteiger partial charge in [-0.25, -0.2) is 0 Å². The Morgan fingerprint density at radius 2 is 1.75 bits per heavy atom. The molecule has 1 saturated heterocycles. The Labute approximate surface area is 101 Å². The van der Waals surface area contributed by atoms with Crippen molar-refractivity contribution in [1.29, 1.82) is 0 Å². The van der Waals surface area contributed by atoms with E-state index in [9.17, 15) is 0 Å². The van der Waals surface area contributed by atoms with Crippen LogP contribution in [0.3, 0.4) is 0 Å². The van der Waals surface area contributed by atoms with Gasteiger partial charge in [-0.15, -0.1) is 0 Å². The molecule has 16 heavy (non-hydrogen) atoms. The van der Waals surface area contributed by atoms with E-state index in [4.69, 9.17) is 0 Å². The van der Waals surface area contributed by atoms with Crippen LogP contribution in [0.2, 0.25) is 0 Å².